The number of rotatable bonds is 9. The summed E-state index contributed by atoms with van der Waals surface area (Å²) in [5.41, 5.74) is 7.35. The second kappa shape index (κ2) is 14.5. The maximum Gasteiger partial charge on any atom is 0.271 e. The predicted octanol–water partition coefficient (Wildman–Crippen LogP) is 7.71. The second-order valence-electron chi connectivity index (χ2n) is 12.0. The number of para-hydroxylation sites is 2. The molecule has 2 N–H and O–H groups in total. The van der Waals surface area contributed by atoms with E-state index < -0.39 is 6.29 Å². The SMILES string of the molecule is C[C@H]1[C@@H](Cn2cnc(Cl)c2Cl)O[C@@H](c2ccc(-c3cccc(CNC(=O)c4cnc5ccccc5n4)c3)cc2)O[C@H]1c1ccc(CO)cc1. The molecular weight excluding hydrogens is 661 g/mol. The molecule has 0 radical (unpaired) electrons. The van der Waals surface area contributed by atoms with Gasteiger partial charge in [0.15, 0.2) is 11.4 Å². The van der Waals surface area contributed by atoms with Gasteiger partial charge in [-0.2, -0.15) is 0 Å². The Hall–Kier alpha value is -4.64. The smallest absolute Gasteiger partial charge is 0.271 e. The Bertz CT molecular complexity index is 2090. The first kappa shape index (κ1) is 32.9. The molecule has 1 saturated heterocycles. The van der Waals surface area contributed by atoms with Crippen molar-refractivity contribution in [2.24, 2.45) is 5.92 Å². The van der Waals surface area contributed by atoms with Gasteiger partial charge in [0.1, 0.15) is 10.8 Å². The Balaban J connectivity index is 1.07. The molecule has 0 unspecified atom stereocenters. The van der Waals surface area contributed by atoms with E-state index in [9.17, 15) is 9.90 Å². The van der Waals surface area contributed by atoms with Crippen LogP contribution in [-0.2, 0) is 29.2 Å². The highest BCUT2D eigenvalue weighted by molar-refractivity contribution is 6.40. The van der Waals surface area contributed by atoms with Crippen LogP contribution in [0.25, 0.3) is 22.2 Å². The van der Waals surface area contributed by atoms with Gasteiger partial charge >= 0.3 is 0 Å². The number of halogens is 2. The van der Waals surface area contributed by atoms with E-state index in [-0.39, 0.29) is 41.5 Å². The Kier molecular flexibility index (Phi) is 9.70. The molecule has 2 aromatic heterocycles. The third kappa shape index (κ3) is 7.22. The van der Waals surface area contributed by atoms with E-state index in [0.717, 1.165) is 38.9 Å². The number of ether oxygens (including phenoxy) is 2. The van der Waals surface area contributed by atoms with Crippen LogP contribution in [0.15, 0.2) is 110 Å². The van der Waals surface area contributed by atoms with Crippen LogP contribution in [-0.4, -0.2) is 36.6 Å². The highest BCUT2D eigenvalue weighted by Crippen LogP contribution is 2.42. The number of nitrogens with one attached hydrogen (secondary N) is 1. The number of nitrogens with zero attached hydrogens (tertiary/aromatic N) is 4. The second-order valence-corrected chi connectivity index (χ2v) is 12.8. The Morgan fingerprint density at radius 1 is 0.857 bits per heavy atom. The summed E-state index contributed by atoms with van der Waals surface area (Å²) in [6, 6.07) is 31.4. The van der Waals surface area contributed by atoms with Crippen LogP contribution in [0.3, 0.4) is 0 Å². The Morgan fingerprint density at radius 3 is 2.35 bits per heavy atom. The van der Waals surface area contributed by atoms with Crippen molar-refractivity contribution < 1.29 is 19.4 Å². The van der Waals surface area contributed by atoms with Gasteiger partial charge in [0.25, 0.3) is 5.91 Å². The molecule has 0 bridgehead atoms. The summed E-state index contributed by atoms with van der Waals surface area (Å²) in [4.78, 5) is 25.8. The summed E-state index contributed by atoms with van der Waals surface area (Å²) in [7, 11) is 0. The summed E-state index contributed by atoms with van der Waals surface area (Å²) >= 11 is 12.6. The fourth-order valence-electron chi connectivity index (χ4n) is 6.03. The fraction of sp³-hybridized carbons (Fsp3) is 0.211. The number of hydrogen-bond acceptors (Lipinski definition) is 7. The van der Waals surface area contributed by atoms with Crippen molar-refractivity contribution in [1.82, 2.24) is 24.8 Å². The largest absolute Gasteiger partial charge is 0.392 e. The van der Waals surface area contributed by atoms with Gasteiger partial charge in [-0.25, -0.2) is 9.97 Å². The average molecular weight is 695 g/mol. The summed E-state index contributed by atoms with van der Waals surface area (Å²) in [6.07, 6.45) is 1.92. The monoisotopic (exact) mass is 693 g/mol. The van der Waals surface area contributed by atoms with Crippen molar-refractivity contribution in [3.63, 3.8) is 0 Å². The number of carbonyl (C=O) groups excluding carboxylic acids is 1. The molecule has 0 saturated carbocycles. The number of aromatic nitrogens is 4. The number of amides is 1. The molecule has 49 heavy (non-hydrogen) atoms. The third-order valence-corrected chi connectivity index (χ3v) is 9.58. The van der Waals surface area contributed by atoms with E-state index in [1.165, 1.54) is 6.20 Å². The van der Waals surface area contributed by atoms with Crippen LogP contribution in [0.1, 0.15) is 52.1 Å². The summed E-state index contributed by atoms with van der Waals surface area (Å²) in [5, 5.41) is 13.1. The summed E-state index contributed by atoms with van der Waals surface area (Å²) < 4.78 is 15.0. The molecule has 1 fully saturated rings. The molecule has 0 aliphatic carbocycles. The highest BCUT2D eigenvalue weighted by Gasteiger charge is 2.39. The standard InChI is InChI=1S/C38H33Cl2N5O4/c1-23-33(20-45-22-43-35(39)36(45)40)48-38(49-34(23)27-11-9-24(21-46)10-12-27)28-15-13-26(14-16-28)29-6-4-5-25(17-29)18-42-37(47)32-19-41-30-7-2-3-8-31(30)44-32/h2-17,19,22-23,33-34,38,46H,18,20-21H2,1H3,(H,42,47)/t23-,33+,34+,38+/m0/s1. The zero-order chi connectivity index (χ0) is 33.9. The first-order valence-electron chi connectivity index (χ1n) is 15.9. The summed E-state index contributed by atoms with van der Waals surface area (Å²) in [6.45, 7) is 2.85. The minimum Gasteiger partial charge on any atom is -0.392 e. The number of imidazole rings is 1. The Labute approximate surface area is 293 Å². The molecular formula is C38H33Cl2N5O4. The maximum absolute atomic E-state index is 12.8. The van der Waals surface area contributed by atoms with Gasteiger partial charge in [0, 0.05) is 18.0 Å². The number of aliphatic hydroxyl groups is 1. The number of hydrogen-bond donors (Lipinski definition) is 2. The van der Waals surface area contributed by atoms with Gasteiger partial charge in [-0.15, -0.1) is 0 Å². The number of fused-ring (bicyclic) bond motifs is 1. The normalized spacial score (nSPS) is 19.2. The minimum absolute atomic E-state index is 0.0278. The lowest BCUT2D eigenvalue weighted by molar-refractivity contribution is -0.276. The van der Waals surface area contributed by atoms with Crippen molar-refractivity contribution in [1.29, 1.82) is 0 Å². The van der Waals surface area contributed by atoms with Gasteiger partial charge in [0.2, 0.25) is 0 Å². The van der Waals surface area contributed by atoms with E-state index in [1.807, 2.05) is 91.0 Å². The van der Waals surface area contributed by atoms with Crippen molar-refractivity contribution in [2.75, 3.05) is 0 Å². The van der Waals surface area contributed by atoms with Crippen molar-refractivity contribution in [3.05, 3.63) is 148 Å². The molecule has 9 nitrogen and oxygen atoms in total. The summed E-state index contributed by atoms with van der Waals surface area (Å²) in [5.74, 6) is -0.321. The minimum atomic E-state index is -0.643. The van der Waals surface area contributed by atoms with E-state index in [0.29, 0.717) is 23.8 Å². The molecule has 6 aromatic rings. The van der Waals surface area contributed by atoms with Crippen LogP contribution < -0.4 is 5.32 Å². The quantitative estimate of drug-likeness (QED) is 0.160. The molecule has 1 aliphatic heterocycles. The van der Waals surface area contributed by atoms with Gasteiger partial charge < -0.3 is 24.5 Å². The number of carbonyl (C=O) groups is 1. The van der Waals surface area contributed by atoms with Crippen molar-refractivity contribution >= 4 is 40.1 Å². The van der Waals surface area contributed by atoms with E-state index >= 15 is 0 Å². The molecule has 7 rings (SSSR count). The van der Waals surface area contributed by atoms with Gasteiger partial charge in [-0.05, 0) is 46.0 Å². The fourth-order valence-corrected chi connectivity index (χ4v) is 6.34. The first-order valence-corrected chi connectivity index (χ1v) is 16.7. The first-order chi connectivity index (χ1) is 23.9. The van der Waals surface area contributed by atoms with Crippen molar-refractivity contribution in [2.45, 2.75) is 45.1 Å². The van der Waals surface area contributed by atoms with Crippen LogP contribution >= 0.6 is 23.2 Å². The molecule has 0 spiro atoms. The van der Waals surface area contributed by atoms with Crippen LogP contribution in [0.2, 0.25) is 10.3 Å². The van der Waals surface area contributed by atoms with Crippen LogP contribution in [0.4, 0.5) is 0 Å². The lowest BCUT2D eigenvalue weighted by Crippen LogP contribution is -2.39. The van der Waals surface area contributed by atoms with Gasteiger partial charge in [0.05, 0.1) is 48.9 Å². The van der Waals surface area contributed by atoms with Gasteiger partial charge in [-0.1, -0.05) is 109 Å². The number of benzene rings is 4. The third-order valence-electron chi connectivity index (χ3n) is 8.81. The van der Waals surface area contributed by atoms with Crippen LogP contribution in [0, 0.1) is 5.92 Å². The molecule has 1 aliphatic rings. The molecule has 4 aromatic carbocycles. The predicted molar refractivity (Wildman–Crippen MR) is 188 cm³/mol. The molecule has 1 amide bonds. The number of aliphatic hydroxyl groups excluding tert-OH is 1. The average Bonchev–Trinajstić information content (AvgIpc) is 3.47. The molecule has 4 atom stereocenters. The zero-order valence-corrected chi connectivity index (χ0v) is 28.1. The molecule has 11 heteroatoms. The highest BCUT2D eigenvalue weighted by atomic mass is 35.5. The lowest BCUT2D eigenvalue weighted by Gasteiger charge is -2.41. The van der Waals surface area contributed by atoms with E-state index in [1.54, 1.807) is 10.9 Å². The topological polar surface area (TPSA) is 111 Å². The van der Waals surface area contributed by atoms with E-state index in [4.69, 9.17) is 32.7 Å². The van der Waals surface area contributed by atoms with Gasteiger partial charge in [-0.3, -0.25) is 9.78 Å². The van der Waals surface area contributed by atoms with Crippen LogP contribution in [0.5, 0.6) is 0 Å². The molecule has 248 valence electrons. The maximum atomic E-state index is 12.8. The van der Waals surface area contributed by atoms with Crippen molar-refractivity contribution in [3.8, 4) is 11.1 Å². The van der Waals surface area contributed by atoms with E-state index in [2.05, 4.69) is 33.3 Å². The Morgan fingerprint density at radius 2 is 1.61 bits per heavy atom. The lowest BCUT2D eigenvalue weighted by atomic mass is 9.90. The zero-order valence-electron chi connectivity index (χ0n) is 26.5. The molecule has 3 heterocycles.